The molecule has 0 saturated carbocycles. The van der Waals surface area contributed by atoms with Crippen LogP contribution in [0.2, 0.25) is 0 Å². The van der Waals surface area contributed by atoms with Gasteiger partial charge in [0.05, 0.1) is 29.7 Å². The van der Waals surface area contributed by atoms with Gasteiger partial charge in [0.1, 0.15) is 6.17 Å². The minimum Gasteiger partial charge on any atom is -0.323 e. The summed E-state index contributed by atoms with van der Waals surface area (Å²) < 4.78 is 30.0. The molecule has 1 aromatic heterocycles. The maximum atomic E-state index is 14.9. The van der Waals surface area contributed by atoms with Crippen molar-refractivity contribution >= 4 is 18.1 Å². The summed E-state index contributed by atoms with van der Waals surface area (Å²) >= 11 is 0. The minimum atomic E-state index is -1.28. The predicted molar refractivity (Wildman–Crippen MR) is 110 cm³/mol. The molecular weight excluding hydrogens is 376 g/mol. The first-order valence-corrected chi connectivity index (χ1v) is 10.1. The van der Waals surface area contributed by atoms with E-state index in [4.69, 9.17) is 0 Å². The van der Waals surface area contributed by atoms with E-state index in [-0.39, 0.29) is 24.2 Å². The maximum absolute atomic E-state index is 14.9. The molecule has 8 heteroatoms. The summed E-state index contributed by atoms with van der Waals surface area (Å²) in [6, 6.07) is -0.456. The first-order chi connectivity index (χ1) is 13.8. The van der Waals surface area contributed by atoms with Gasteiger partial charge in [-0.15, -0.1) is 0 Å². The van der Waals surface area contributed by atoms with Crippen LogP contribution in [0.3, 0.4) is 0 Å². The van der Waals surface area contributed by atoms with Gasteiger partial charge in [0.15, 0.2) is 11.7 Å². The topological polar surface area (TPSA) is 62.5 Å². The van der Waals surface area contributed by atoms with Gasteiger partial charge in [-0.1, -0.05) is 12.7 Å². The van der Waals surface area contributed by atoms with Crippen molar-refractivity contribution in [2.75, 3.05) is 13.1 Å². The van der Waals surface area contributed by atoms with E-state index in [0.717, 1.165) is 25.9 Å². The van der Waals surface area contributed by atoms with Gasteiger partial charge in [-0.05, 0) is 46.7 Å². The molecule has 1 N–H and O–H groups in total. The van der Waals surface area contributed by atoms with Crippen molar-refractivity contribution in [3.8, 4) is 0 Å². The second-order valence-electron chi connectivity index (χ2n) is 7.83. The van der Waals surface area contributed by atoms with Gasteiger partial charge in [0.2, 0.25) is 5.91 Å². The van der Waals surface area contributed by atoms with Crippen LogP contribution < -0.4 is 5.32 Å². The largest absolute Gasteiger partial charge is 0.323 e. The van der Waals surface area contributed by atoms with Crippen LogP contribution in [0.25, 0.3) is 5.83 Å². The Bertz CT molecular complexity index is 825. The van der Waals surface area contributed by atoms with Gasteiger partial charge >= 0.3 is 0 Å². The fourth-order valence-electron chi connectivity index (χ4n) is 3.87. The predicted octanol–water partition coefficient (Wildman–Crippen LogP) is 3.56. The third kappa shape index (κ3) is 4.63. The van der Waals surface area contributed by atoms with Gasteiger partial charge in [-0.25, -0.2) is 18.8 Å². The monoisotopic (exact) mass is 405 g/mol. The number of hydrogen-bond acceptors (Lipinski definition) is 4. The third-order valence-electron chi connectivity index (χ3n) is 5.71. The number of aryl methyl sites for hydroxylation is 1. The van der Waals surface area contributed by atoms with Gasteiger partial charge in [-0.2, -0.15) is 0 Å². The molecule has 1 saturated heterocycles. The van der Waals surface area contributed by atoms with E-state index in [9.17, 15) is 13.6 Å². The zero-order valence-electron chi connectivity index (χ0n) is 17.2. The summed E-state index contributed by atoms with van der Waals surface area (Å²) in [4.78, 5) is 23.0. The molecule has 6 nitrogen and oxygen atoms in total. The fourth-order valence-corrected chi connectivity index (χ4v) is 3.87. The number of nitrogens with zero attached hydrogens (tertiary/aromatic N) is 4. The number of piperidine rings is 1. The van der Waals surface area contributed by atoms with Gasteiger partial charge < -0.3 is 9.88 Å². The summed E-state index contributed by atoms with van der Waals surface area (Å²) in [6.07, 6.45) is 5.48. The lowest BCUT2D eigenvalue weighted by molar-refractivity contribution is -0.132. The number of carbonyl (C=O) groups is 1. The van der Waals surface area contributed by atoms with Crippen LogP contribution in [0, 0.1) is 12.8 Å². The Morgan fingerprint density at radius 2 is 2.14 bits per heavy atom. The number of alkyl halides is 1. The summed E-state index contributed by atoms with van der Waals surface area (Å²) in [7, 11) is 0. The number of hydrogen-bond donors (Lipinski definition) is 1. The number of nitrogens with one attached hydrogen (secondary N) is 1. The number of allylic oxidation sites excluding steroid dienone is 1. The Kier molecular flexibility index (Phi) is 6.62. The SMILES string of the molecule is C=C(F)c1nc(C)cn1C(C)[C@H](F)C/C=C1/N=CN(C2CCNCC2)C(=O)C1C. The third-order valence-corrected chi connectivity index (χ3v) is 5.71. The van der Waals surface area contributed by atoms with Crippen molar-refractivity contribution < 1.29 is 13.6 Å². The number of rotatable bonds is 6. The Labute approximate surface area is 170 Å². The van der Waals surface area contributed by atoms with E-state index in [1.165, 1.54) is 4.57 Å². The number of aromatic nitrogens is 2. The van der Waals surface area contributed by atoms with Gasteiger partial charge in [-0.3, -0.25) is 9.69 Å². The summed E-state index contributed by atoms with van der Waals surface area (Å²) in [5.74, 6) is -1.05. The molecule has 2 aliphatic heterocycles. The highest BCUT2D eigenvalue weighted by Gasteiger charge is 2.32. The molecule has 3 heterocycles. The van der Waals surface area contributed by atoms with E-state index in [0.29, 0.717) is 11.4 Å². The number of amides is 1. The van der Waals surface area contributed by atoms with E-state index in [2.05, 4.69) is 21.9 Å². The Morgan fingerprint density at radius 3 is 2.79 bits per heavy atom. The van der Waals surface area contributed by atoms with Crippen LogP contribution in [-0.2, 0) is 4.79 Å². The summed E-state index contributed by atoms with van der Waals surface area (Å²) in [5.41, 5.74) is 1.18. The second kappa shape index (κ2) is 8.98. The van der Waals surface area contributed by atoms with E-state index in [1.54, 1.807) is 44.3 Å². The van der Waals surface area contributed by atoms with Crippen LogP contribution in [0.15, 0.2) is 29.5 Å². The standard InChI is InChI=1S/C21H29F2N5O/c1-13-11-27(20(26-13)15(3)22)16(4)18(23)5-6-19-14(2)21(29)28(12-25-19)17-7-9-24-10-8-17/h6,11-12,14,16-18,24H,3,5,7-10H2,1-2,4H3/b19-6+/t14?,16?,18-/m1/s1. The average Bonchev–Trinajstić information content (AvgIpc) is 3.11. The zero-order valence-corrected chi connectivity index (χ0v) is 17.2. The molecule has 2 aliphatic rings. The van der Waals surface area contributed by atoms with E-state index < -0.39 is 24.0 Å². The highest BCUT2D eigenvalue weighted by Crippen LogP contribution is 2.27. The Morgan fingerprint density at radius 1 is 1.45 bits per heavy atom. The second-order valence-corrected chi connectivity index (χ2v) is 7.83. The number of carbonyl (C=O) groups excluding carboxylic acids is 1. The van der Waals surface area contributed by atoms with E-state index >= 15 is 0 Å². The van der Waals surface area contributed by atoms with Gasteiger partial charge in [0, 0.05) is 18.7 Å². The molecule has 0 aliphatic carbocycles. The Hall–Kier alpha value is -2.35. The normalized spacial score (nSPS) is 24.2. The molecule has 3 rings (SSSR count). The molecule has 0 aromatic carbocycles. The summed E-state index contributed by atoms with van der Waals surface area (Å²) in [6.45, 7) is 10.3. The summed E-state index contributed by atoms with van der Waals surface area (Å²) in [5, 5.41) is 3.29. The van der Waals surface area contributed by atoms with Crippen LogP contribution in [0.1, 0.15) is 50.7 Å². The molecule has 2 unspecified atom stereocenters. The van der Waals surface area contributed by atoms with Crippen LogP contribution in [0.4, 0.5) is 8.78 Å². The van der Waals surface area contributed by atoms with Crippen LogP contribution >= 0.6 is 0 Å². The molecule has 158 valence electrons. The number of halogens is 2. The van der Waals surface area contributed by atoms with E-state index in [1.807, 2.05) is 0 Å². The molecule has 0 bridgehead atoms. The van der Waals surface area contributed by atoms with Crippen molar-refractivity contribution in [1.82, 2.24) is 19.8 Å². The smallest absolute Gasteiger partial charge is 0.236 e. The lowest BCUT2D eigenvalue weighted by Gasteiger charge is -2.35. The maximum Gasteiger partial charge on any atom is 0.236 e. The Balaban J connectivity index is 1.69. The number of aliphatic imine (C=N–C) groups is 1. The van der Waals surface area contributed by atoms with Crippen molar-refractivity contribution in [3.63, 3.8) is 0 Å². The molecule has 1 aromatic rings. The van der Waals surface area contributed by atoms with Gasteiger partial charge in [0.25, 0.3) is 0 Å². The van der Waals surface area contributed by atoms with Crippen molar-refractivity contribution in [3.05, 3.63) is 36.1 Å². The molecule has 0 spiro atoms. The quantitative estimate of drug-likeness (QED) is 0.787. The molecule has 29 heavy (non-hydrogen) atoms. The highest BCUT2D eigenvalue weighted by atomic mass is 19.1. The average molecular weight is 405 g/mol. The molecule has 3 atom stereocenters. The van der Waals surface area contributed by atoms with Crippen molar-refractivity contribution in [2.24, 2.45) is 10.9 Å². The fraction of sp³-hybridized carbons (Fsp3) is 0.571. The molecule has 1 fully saturated rings. The lowest BCUT2D eigenvalue weighted by atomic mass is 9.98. The lowest BCUT2D eigenvalue weighted by Crippen LogP contribution is -2.48. The highest BCUT2D eigenvalue weighted by molar-refractivity contribution is 5.94. The molecular formula is C21H29F2N5O. The minimum absolute atomic E-state index is 0.00264. The number of imidazole rings is 1. The van der Waals surface area contributed by atoms with Crippen LogP contribution in [-0.4, -0.2) is 52.0 Å². The molecule has 0 radical (unpaired) electrons. The zero-order chi connectivity index (χ0) is 21.1. The van der Waals surface area contributed by atoms with Crippen molar-refractivity contribution in [1.29, 1.82) is 0 Å². The molecule has 1 amide bonds. The first kappa shape index (κ1) is 21.4. The van der Waals surface area contributed by atoms with Crippen molar-refractivity contribution in [2.45, 2.75) is 58.3 Å². The first-order valence-electron chi connectivity index (χ1n) is 10.1. The van der Waals surface area contributed by atoms with Crippen LogP contribution in [0.5, 0.6) is 0 Å².